The van der Waals surface area contributed by atoms with E-state index in [1.54, 1.807) is 6.26 Å². The summed E-state index contributed by atoms with van der Waals surface area (Å²) in [4.78, 5) is 4.48. The highest BCUT2D eigenvalue weighted by Gasteiger charge is 2.06. The molecule has 0 saturated heterocycles. The number of nitrogens with zero attached hydrogens (tertiary/aromatic N) is 1. The topological polar surface area (TPSA) is 47.3 Å². The molecule has 0 unspecified atom stereocenters. The van der Waals surface area contributed by atoms with Gasteiger partial charge in [-0.25, -0.2) is 4.98 Å². The average Bonchev–Trinajstić information content (AvgIpc) is 3.05. The van der Waals surface area contributed by atoms with Crippen molar-refractivity contribution in [2.45, 2.75) is 6.42 Å². The zero-order valence-electron chi connectivity index (χ0n) is 12.5. The van der Waals surface area contributed by atoms with E-state index in [2.05, 4.69) is 10.3 Å². The van der Waals surface area contributed by atoms with Crippen molar-refractivity contribution in [2.24, 2.45) is 0 Å². The third-order valence-electron chi connectivity index (χ3n) is 3.34. The van der Waals surface area contributed by atoms with Gasteiger partial charge in [0.15, 0.2) is 0 Å². The largest absolute Gasteiger partial charge is 0.493 e. The fraction of sp³-hybridized carbons (Fsp3) is 0.167. The zero-order valence-corrected chi connectivity index (χ0v) is 12.5. The molecule has 22 heavy (non-hydrogen) atoms. The van der Waals surface area contributed by atoms with Crippen LogP contribution in [0.15, 0.2) is 65.3 Å². The van der Waals surface area contributed by atoms with Crippen LogP contribution in [-0.2, 0) is 6.42 Å². The third kappa shape index (κ3) is 3.47. The van der Waals surface area contributed by atoms with Crippen LogP contribution in [0.3, 0.4) is 0 Å². The van der Waals surface area contributed by atoms with Crippen LogP contribution in [0.2, 0.25) is 0 Å². The molecule has 1 N–H and O–H groups in total. The Morgan fingerprint density at radius 1 is 1.05 bits per heavy atom. The quantitative estimate of drug-likeness (QED) is 0.746. The molecule has 0 aliphatic rings. The Balaban J connectivity index is 1.54. The second-order valence-corrected chi connectivity index (χ2v) is 4.88. The average molecular weight is 294 g/mol. The Morgan fingerprint density at radius 3 is 2.55 bits per heavy atom. The van der Waals surface area contributed by atoms with Gasteiger partial charge in [0.1, 0.15) is 12.0 Å². The first kappa shape index (κ1) is 14.2. The number of ether oxygens (including phenoxy) is 1. The first-order valence-electron chi connectivity index (χ1n) is 7.25. The molecule has 1 heterocycles. The van der Waals surface area contributed by atoms with Gasteiger partial charge < -0.3 is 14.5 Å². The first-order valence-corrected chi connectivity index (χ1v) is 7.25. The van der Waals surface area contributed by atoms with E-state index < -0.39 is 0 Å². The molecular formula is C18H18N2O2. The van der Waals surface area contributed by atoms with E-state index in [9.17, 15) is 0 Å². The summed E-state index contributed by atoms with van der Waals surface area (Å²) < 4.78 is 11.2. The molecule has 3 aromatic rings. The second kappa shape index (κ2) is 6.80. The SMILES string of the molecule is CNc1ccc(OCCc2coc(-c3ccccc3)n2)cc1. The second-order valence-electron chi connectivity index (χ2n) is 4.88. The van der Waals surface area contributed by atoms with Gasteiger partial charge in [0.2, 0.25) is 5.89 Å². The maximum absolute atomic E-state index is 5.71. The van der Waals surface area contributed by atoms with Crippen molar-refractivity contribution < 1.29 is 9.15 Å². The van der Waals surface area contributed by atoms with Gasteiger partial charge in [0.25, 0.3) is 0 Å². The van der Waals surface area contributed by atoms with E-state index in [4.69, 9.17) is 9.15 Å². The minimum absolute atomic E-state index is 0.569. The summed E-state index contributed by atoms with van der Waals surface area (Å²) in [6.45, 7) is 0.569. The lowest BCUT2D eigenvalue weighted by Gasteiger charge is -2.05. The van der Waals surface area contributed by atoms with Crippen molar-refractivity contribution in [1.29, 1.82) is 0 Å². The summed E-state index contributed by atoms with van der Waals surface area (Å²) >= 11 is 0. The van der Waals surface area contributed by atoms with Crippen molar-refractivity contribution >= 4 is 5.69 Å². The van der Waals surface area contributed by atoms with Crippen molar-refractivity contribution in [1.82, 2.24) is 4.98 Å². The Hall–Kier alpha value is -2.75. The highest BCUT2D eigenvalue weighted by atomic mass is 16.5. The Morgan fingerprint density at radius 2 is 1.82 bits per heavy atom. The highest BCUT2D eigenvalue weighted by Crippen LogP contribution is 2.19. The van der Waals surface area contributed by atoms with E-state index in [0.717, 1.165) is 22.7 Å². The maximum atomic E-state index is 5.71. The molecule has 112 valence electrons. The monoisotopic (exact) mass is 294 g/mol. The van der Waals surface area contributed by atoms with Crippen LogP contribution in [0.1, 0.15) is 5.69 Å². The number of benzene rings is 2. The van der Waals surface area contributed by atoms with Crippen molar-refractivity contribution in [3.63, 3.8) is 0 Å². The van der Waals surface area contributed by atoms with Crippen LogP contribution in [-0.4, -0.2) is 18.6 Å². The number of nitrogens with one attached hydrogen (secondary N) is 1. The molecule has 0 saturated carbocycles. The molecule has 0 aliphatic heterocycles. The van der Waals surface area contributed by atoms with Crippen LogP contribution in [0.25, 0.3) is 11.5 Å². The number of hydrogen-bond acceptors (Lipinski definition) is 4. The zero-order chi connectivity index (χ0) is 15.2. The minimum atomic E-state index is 0.569. The first-order chi connectivity index (χ1) is 10.8. The lowest BCUT2D eigenvalue weighted by molar-refractivity contribution is 0.320. The normalized spacial score (nSPS) is 10.4. The fourth-order valence-electron chi connectivity index (χ4n) is 2.13. The van der Waals surface area contributed by atoms with Gasteiger partial charge in [-0.3, -0.25) is 0 Å². The van der Waals surface area contributed by atoms with Gasteiger partial charge in [0.05, 0.1) is 12.3 Å². The number of aromatic nitrogens is 1. The molecule has 1 aromatic heterocycles. The Kier molecular flexibility index (Phi) is 4.39. The molecule has 0 radical (unpaired) electrons. The van der Waals surface area contributed by atoms with Crippen LogP contribution in [0, 0.1) is 0 Å². The molecule has 2 aromatic carbocycles. The van der Waals surface area contributed by atoms with Gasteiger partial charge in [-0.1, -0.05) is 18.2 Å². The van der Waals surface area contributed by atoms with Gasteiger partial charge in [-0.15, -0.1) is 0 Å². The molecule has 0 fully saturated rings. The fourth-order valence-corrected chi connectivity index (χ4v) is 2.13. The number of hydrogen-bond donors (Lipinski definition) is 1. The maximum Gasteiger partial charge on any atom is 0.226 e. The van der Waals surface area contributed by atoms with Crippen molar-refractivity contribution in [3.05, 3.63) is 66.6 Å². The van der Waals surface area contributed by atoms with E-state index in [1.807, 2.05) is 61.6 Å². The molecule has 0 atom stereocenters. The van der Waals surface area contributed by atoms with E-state index in [-0.39, 0.29) is 0 Å². The van der Waals surface area contributed by atoms with Crippen molar-refractivity contribution in [2.75, 3.05) is 19.0 Å². The van der Waals surface area contributed by atoms with Gasteiger partial charge in [-0.2, -0.15) is 0 Å². The standard InChI is InChI=1S/C18H18N2O2/c1-19-15-7-9-17(10-8-15)21-12-11-16-13-22-18(20-16)14-5-3-2-4-6-14/h2-10,13,19H,11-12H2,1H3. The van der Waals surface area contributed by atoms with Gasteiger partial charge in [-0.05, 0) is 36.4 Å². The molecule has 0 amide bonds. The summed E-state index contributed by atoms with van der Waals surface area (Å²) in [5, 5.41) is 3.08. The molecule has 3 rings (SSSR count). The minimum Gasteiger partial charge on any atom is -0.493 e. The third-order valence-corrected chi connectivity index (χ3v) is 3.34. The van der Waals surface area contributed by atoms with E-state index in [0.29, 0.717) is 18.9 Å². The van der Waals surface area contributed by atoms with Gasteiger partial charge in [0, 0.05) is 24.7 Å². The summed E-state index contributed by atoms with van der Waals surface area (Å²) in [6.07, 6.45) is 2.40. The van der Waals surface area contributed by atoms with E-state index >= 15 is 0 Å². The molecular weight excluding hydrogens is 276 g/mol. The molecule has 4 heteroatoms. The summed E-state index contributed by atoms with van der Waals surface area (Å²) in [7, 11) is 1.89. The lowest BCUT2D eigenvalue weighted by atomic mass is 10.2. The Bertz CT molecular complexity index is 705. The van der Waals surface area contributed by atoms with Crippen molar-refractivity contribution in [3.8, 4) is 17.2 Å². The smallest absolute Gasteiger partial charge is 0.226 e. The predicted molar refractivity (Wildman–Crippen MR) is 87.1 cm³/mol. The van der Waals surface area contributed by atoms with Gasteiger partial charge >= 0.3 is 0 Å². The van der Waals surface area contributed by atoms with Crippen LogP contribution in [0.4, 0.5) is 5.69 Å². The lowest BCUT2D eigenvalue weighted by Crippen LogP contribution is -2.01. The summed E-state index contributed by atoms with van der Waals surface area (Å²) in [6, 6.07) is 17.7. The highest BCUT2D eigenvalue weighted by molar-refractivity contribution is 5.52. The number of oxazole rings is 1. The van der Waals surface area contributed by atoms with Crippen LogP contribution in [0.5, 0.6) is 5.75 Å². The number of anilines is 1. The summed E-state index contributed by atoms with van der Waals surface area (Å²) in [5.41, 5.74) is 2.94. The summed E-state index contributed by atoms with van der Waals surface area (Å²) in [5.74, 6) is 1.50. The molecule has 4 nitrogen and oxygen atoms in total. The molecule has 0 aliphatic carbocycles. The van der Waals surface area contributed by atoms with Crippen LogP contribution >= 0.6 is 0 Å². The number of rotatable bonds is 6. The predicted octanol–water partition coefficient (Wildman–Crippen LogP) is 4.00. The Labute approximate surface area is 129 Å². The van der Waals surface area contributed by atoms with Crippen LogP contribution < -0.4 is 10.1 Å². The molecule has 0 bridgehead atoms. The van der Waals surface area contributed by atoms with E-state index in [1.165, 1.54) is 0 Å². The molecule has 0 spiro atoms.